The van der Waals surface area contributed by atoms with E-state index in [1.165, 1.54) is 5.56 Å². The van der Waals surface area contributed by atoms with Gasteiger partial charge in [0.2, 0.25) is 0 Å². The first-order valence-corrected chi connectivity index (χ1v) is 10.1. The zero-order valence-corrected chi connectivity index (χ0v) is 16.2. The van der Waals surface area contributed by atoms with Crippen molar-refractivity contribution in [2.24, 2.45) is 0 Å². The summed E-state index contributed by atoms with van der Waals surface area (Å²) in [5.41, 5.74) is 3.23. The largest absolute Gasteiger partial charge is 0.365 e. The summed E-state index contributed by atoms with van der Waals surface area (Å²) in [6, 6.07) is 26.3. The Labute approximate surface area is 167 Å². The second kappa shape index (κ2) is 8.42. The van der Waals surface area contributed by atoms with Crippen molar-refractivity contribution in [3.8, 4) is 0 Å². The molecule has 0 fully saturated rings. The Balaban J connectivity index is 1.59. The number of hydrogen-bond acceptors (Lipinski definition) is 4. The summed E-state index contributed by atoms with van der Waals surface area (Å²) < 4.78 is 0. The Morgan fingerprint density at radius 3 is 2.41 bits per heavy atom. The number of hydrogen-bond donors (Lipinski definition) is 1. The molecule has 0 amide bonds. The molecule has 0 aliphatic heterocycles. The Hall–Kier alpha value is -2.56. The van der Waals surface area contributed by atoms with Crippen LogP contribution < -0.4 is 5.32 Å². The van der Waals surface area contributed by atoms with Crippen LogP contribution in [0.4, 0.5) is 5.82 Å². The van der Waals surface area contributed by atoms with Crippen LogP contribution in [0.25, 0.3) is 10.9 Å². The van der Waals surface area contributed by atoms with Gasteiger partial charge in [-0.1, -0.05) is 84.0 Å². The summed E-state index contributed by atoms with van der Waals surface area (Å²) in [7, 11) is 0. The molecule has 1 heterocycles. The Morgan fingerprint density at radius 2 is 1.56 bits per heavy atom. The topological polar surface area (TPSA) is 37.8 Å². The second-order valence-corrected chi connectivity index (χ2v) is 7.44. The monoisotopic (exact) mass is 391 g/mol. The van der Waals surface area contributed by atoms with Gasteiger partial charge in [0.25, 0.3) is 0 Å². The molecule has 4 rings (SSSR count). The highest BCUT2D eigenvalue weighted by Crippen LogP contribution is 2.28. The van der Waals surface area contributed by atoms with E-state index in [0.717, 1.165) is 44.8 Å². The lowest BCUT2D eigenvalue weighted by Crippen LogP contribution is -2.04. The first-order chi connectivity index (χ1) is 13.3. The van der Waals surface area contributed by atoms with E-state index in [1.807, 2.05) is 66.7 Å². The van der Waals surface area contributed by atoms with Crippen molar-refractivity contribution >= 4 is 40.1 Å². The number of halogens is 1. The number of para-hydroxylation sites is 1. The van der Waals surface area contributed by atoms with E-state index in [-0.39, 0.29) is 0 Å². The van der Waals surface area contributed by atoms with Crippen LogP contribution in [0, 0.1) is 0 Å². The van der Waals surface area contributed by atoms with Crippen LogP contribution in [-0.4, -0.2) is 9.97 Å². The highest BCUT2D eigenvalue weighted by Gasteiger charge is 2.09. The lowest BCUT2D eigenvalue weighted by molar-refractivity contribution is 0.984. The molecule has 0 aliphatic rings. The van der Waals surface area contributed by atoms with Crippen LogP contribution in [0.2, 0.25) is 5.02 Å². The molecule has 134 valence electrons. The van der Waals surface area contributed by atoms with Gasteiger partial charge >= 0.3 is 0 Å². The smallest absolute Gasteiger partial charge is 0.190 e. The summed E-state index contributed by atoms with van der Waals surface area (Å²) in [6.45, 7) is 0.719. The maximum atomic E-state index is 6.27. The van der Waals surface area contributed by atoms with Gasteiger partial charge in [0.1, 0.15) is 5.82 Å². The molecule has 4 aromatic rings. The van der Waals surface area contributed by atoms with Crippen LogP contribution in [0.1, 0.15) is 11.1 Å². The standard InChI is InChI=1S/C22H18ClN3S/c23-19-12-6-4-10-17(19)15-27-22-25-20-13-7-5-11-18(20)21(26-22)24-14-16-8-2-1-3-9-16/h1-13H,14-15H2,(H,24,25,26). The summed E-state index contributed by atoms with van der Waals surface area (Å²) >= 11 is 7.86. The quantitative estimate of drug-likeness (QED) is 0.314. The van der Waals surface area contributed by atoms with Crippen LogP contribution >= 0.6 is 23.4 Å². The molecule has 0 radical (unpaired) electrons. The van der Waals surface area contributed by atoms with E-state index in [2.05, 4.69) is 17.4 Å². The maximum Gasteiger partial charge on any atom is 0.190 e. The van der Waals surface area contributed by atoms with Crippen molar-refractivity contribution in [1.29, 1.82) is 0 Å². The average molecular weight is 392 g/mol. The minimum absolute atomic E-state index is 0.719. The predicted molar refractivity (Wildman–Crippen MR) is 114 cm³/mol. The predicted octanol–water partition coefficient (Wildman–Crippen LogP) is 6.19. The minimum atomic E-state index is 0.719. The Kier molecular flexibility index (Phi) is 5.56. The average Bonchev–Trinajstić information content (AvgIpc) is 2.72. The van der Waals surface area contributed by atoms with Gasteiger partial charge < -0.3 is 5.32 Å². The first-order valence-electron chi connectivity index (χ1n) is 8.70. The molecule has 0 unspecified atom stereocenters. The van der Waals surface area contributed by atoms with Crippen LogP contribution in [0.3, 0.4) is 0 Å². The van der Waals surface area contributed by atoms with E-state index >= 15 is 0 Å². The molecule has 1 aromatic heterocycles. The molecule has 3 nitrogen and oxygen atoms in total. The highest BCUT2D eigenvalue weighted by atomic mass is 35.5. The minimum Gasteiger partial charge on any atom is -0.365 e. The second-order valence-electron chi connectivity index (χ2n) is 6.09. The normalized spacial score (nSPS) is 10.9. The van der Waals surface area contributed by atoms with Gasteiger partial charge in [-0.3, -0.25) is 0 Å². The summed E-state index contributed by atoms with van der Waals surface area (Å²) in [6.07, 6.45) is 0. The van der Waals surface area contributed by atoms with Crippen LogP contribution in [0.5, 0.6) is 0 Å². The molecule has 0 bridgehead atoms. The van der Waals surface area contributed by atoms with Crippen molar-refractivity contribution in [3.63, 3.8) is 0 Å². The van der Waals surface area contributed by atoms with Crippen LogP contribution in [0.15, 0.2) is 84.0 Å². The fraction of sp³-hybridized carbons (Fsp3) is 0.0909. The molecule has 0 atom stereocenters. The number of rotatable bonds is 6. The molecule has 5 heteroatoms. The number of fused-ring (bicyclic) bond motifs is 1. The van der Waals surface area contributed by atoms with E-state index in [0.29, 0.717) is 0 Å². The van der Waals surface area contributed by atoms with E-state index in [9.17, 15) is 0 Å². The van der Waals surface area contributed by atoms with Crippen LogP contribution in [-0.2, 0) is 12.3 Å². The van der Waals surface area contributed by atoms with Gasteiger partial charge in [0, 0.05) is 22.7 Å². The number of nitrogens with zero attached hydrogens (tertiary/aromatic N) is 2. The molecular weight excluding hydrogens is 374 g/mol. The Bertz CT molecular complexity index is 1050. The SMILES string of the molecule is Clc1ccccc1CSc1nc(NCc2ccccc2)c2ccccc2n1. The summed E-state index contributed by atoms with van der Waals surface area (Å²) in [5, 5.41) is 6.00. The molecule has 0 saturated carbocycles. The van der Waals surface area contributed by atoms with Gasteiger partial charge in [-0.2, -0.15) is 0 Å². The van der Waals surface area contributed by atoms with Gasteiger partial charge in [-0.25, -0.2) is 9.97 Å². The van der Waals surface area contributed by atoms with Gasteiger partial charge in [0.15, 0.2) is 5.16 Å². The van der Waals surface area contributed by atoms with Crippen molar-refractivity contribution in [1.82, 2.24) is 9.97 Å². The zero-order valence-electron chi connectivity index (χ0n) is 14.6. The van der Waals surface area contributed by atoms with Crippen molar-refractivity contribution in [2.75, 3.05) is 5.32 Å². The number of nitrogens with one attached hydrogen (secondary N) is 1. The zero-order chi connectivity index (χ0) is 18.5. The Morgan fingerprint density at radius 1 is 0.815 bits per heavy atom. The molecule has 27 heavy (non-hydrogen) atoms. The third kappa shape index (κ3) is 4.41. The fourth-order valence-electron chi connectivity index (χ4n) is 2.79. The summed E-state index contributed by atoms with van der Waals surface area (Å²) in [5.74, 6) is 1.59. The van der Waals surface area contributed by atoms with Gasteiger partial charge in [-0.05, 0) is 29.3 Å². The molecule has 0 aliphatic carbocycles. The van der Waals surface area contributed by atoms with Crippen molar-refractivity contribution in [2.45, 2.75) is 17.5 Å². The van der Waals surface area contributed by atoms with Crippen molar-refractivity contribution < 1.29 is 0 Å². The van der Waals surface area contributed by atoms with Crippen molar-refractivity contribution in [3.05, 3.63) is 95.0 Å². The molecule has 0 spiro atoms. The van der Waals surface area contributed by atoms with Gasteiger partial charge in [-0.15, -0.1) is 0 Å². The fourth-order valence-corrected chi connectivity index (χ4v) is 3.93. The number of thioether (sulfide) groups is 1. The number of benzene rings is 3. The molecular formula is C22H18ClN3S. The van der Waals surface area contributed by atoms with E-state index in [1.54, 1.807) is 11.8 Å². The lowest BCUT2D eigenvalue weighted by atomic mass is 10.2. The highest BCUT2D eigenvalue weighted by molar-refractivity contribution is 7.98. The molecule has 0 saturated heterocycles. The number of aromatic nitrogens is 2. The number of anilines is 1. The molecule has 3 aromatic carbocycles. The lowest BCUT2D eigenvalue weighted by Gasteiger charge is -2.11. The summed E-state index contributed by atoms with van der Waals surface area (Å²) in [4.78, 5) is 9.46. The van der Waals surface area contributed by atoms with Gasteiger partial charge in [0.05, 0.1) is 5.52 Å². The van der Waals surface area contributed by atoms with E-state index < -0.39 is 0 Å². The maximum absolute atomic E-state index is 6.27. The third-order valence-electron chi connectivity index (χ3n) is 4.20. The first kappa shape index (κ1) is 17.8. The third-order valence-corrected chi connectivity index (χ3v) is 5.46. The molecule has 1 N–H and O–H groups in total. The van der Waals surface area contributed by atoms with E-state index in [4.69, 9.17) is 21.6 Å².